The Morgan fingerprint density at radius 3 is 2.67 bits per heavy atom. The predicted octanol–water partition coefficient (Wildman–Crippen LogP) is 0.863. The van der Waals surface area contributed by atoms with Crippen LogP contribution in [0.5, 0.6) is 0 Å². The average molecular weight is 269 g/mol. The first kappa shape index (κ1) is 13.1. The van der Waals surface area contributed by atoms with Gasteiger partial charge in [0.1, 0.15) is 0 Å². The van der Waals surface area contributed by atoms with Crippen LogP contribution in [-0.2, 0) is 20.5 Å². The largest absolute Gasteiger partial charge is 0.340 e. The van der Waals surface area contributed by atoms with Gasteiger partial charge in [-0.2, -0.15) is 5.10 Å². The van der Waals surface area contributed by atoms with E-state index in [-0.39, 0.29) is 6.04 Å². The molecule has 0 saturated heterocycles. The molecule has 18 heavy (non-hydrogen) atoms. The van der Waals surface area contributed by atoms with E-state index in [9.17, 15) is 0 Å². The zero-order valence-corrected chi connectivity index (χ0v) is 11.4. The molecule has 2 aromatic heterocycles. The van der Waals surface area contributed by atoms with Crippen molar-refractivity contribution in [2.45, 2.75) is 19.4 Å². The van der Waals surface area contributed by atoms with Crippen LogP contribution in [0, 0.1) is 6.92 Å². The first-order valence-electron chi connectivity index (χ1n) is 5.65. The maximum atomic E-state index is 6.23. The van der Waals surface area contributed by atoms with Gasteiger partial charge in [-0.1, -0.05) is 11.6 Å². The highest BCUT2D eigenvalue weighted by atomic mass is 35.5. The van der Waals surface area contributed by atoms with Crippen molar-refractivity contribution >= 4 is 11.6 Å². The maximum Gasteiger partial charge on any atom is 0.0947 e. The van der Waals surface area contributed by atoms with E-state index in [0.29, 0.717) is 11.4 Å². The Bertz CT molecular complexity index is 544. The van der Waals surface area contributed by atoms with Gasteiger partial charge in [0.2, 0.25) is 0 Å². The fourth-order valence-corrected chi connectivity index (χ4v) is 2.19. The van der Waals surface area contributed by atoms with Crippen molar-refractivity contribution in [2.75, 3.05) is 0 Å². The minimum atomic E-state index is -0.0847. The second-order valence-corrected chi connectivity index (χ2v) is 4.74. The van der Waals surface area contributed by atoms with Crippen molar-refractivity contribution in [2.24, 2.45) is 19.9 Å². The molecule has 0 spiro atoms. The number of nitrogens with two attached hydrogens (primary N) is 1. The summed E-state index contributed by atoms with van der Waals surface area (Å²) < 4.78 is 3.67. The van der Waals surface area contributed by atoms with Crippen LogP contribution in [0.3, 0.4) is 0 Å². The number of hydrogen-bond acceptors (Lipinski definition) is 4. The summed E-state index contributed by atoms with van der Waals surface area (Å²) in [6.07, 6.45) is 4.32. The van der Waals surface area contributed by atoms with Gasteiger partial charge in [0, 0.05) is 26.7 Å². The molecule has 3 N–H and O–H groups in total. The van der Waals surface area contributed by atoms with Crippen LogP contribution in [-0.4, -0.2) is 19.3 Å². The second-order valence-electron chi connectivity index (χ2n) is 4.36. The monoisotopic (exact) mass is 268 g/mol. The van der Waals surface area contributed by atoms with Gasteiger partial charge >= 0.3 is 0 Å². The molecule has 7 heteroatoms. The van der Waals surface area contributed by atoms with Crippen molar-refractivity contribution in [3.8, 4) is 0 Å². The van der Waals surface area contributed by atoms with Crippen molar-refractivity contribution < 1.29 is 0 Å². The summed E-state index contributed by atoms with van der Waals surface area (Å²) in [6, 6.07) is -0.0847. The molecule has 2 aromatic rings. The zero-order chi connectivity index (χ0) is 13.3. The van der Waals surface area contributed by atoms with Crippen molar-refractivity contribution in [3.63, 3.8) is 0 Å². The van der Waals surface area contributed by atoms with E-state index in [0.717, 1.165) is 17.1 Å². The molecule has 2 rings (SSSR count). The first-order valence-corrected chi connectivity index (χ1v) is 6.02. The number of rotatable bonds is 4. The summed E-state index contributed by atoms with van der Waals surface area (Å²) in [5, 5.41) is 4.98. The lowest BCUT2D eigenvalue weighted by molar-refractivity contribution is 0.520. The second kappa shape index (κ2) is 5.09. The van der Waals surface area contributed by atoms with Crippen molar-refractivity contribution in [1.29, 1.82) is 0 Å². The molecule has 0 aliphatic carbocycles. The molecular formula is C11H17ClN6. The van der Waals surface area contributed by atoms with E-state index in [1.165, 1.54) is 0 Å². The third-order valence-electron chi connectivity index (χ3n) is 2.94. The summed E-state index contributed by atoms with van der Waals surface area (Å²) in [6.45, 7) is 1.89. The molecule has 0 aromatic carbocycles. The number of aryl methyl sites for hydroxylation is 3. The molecule has 0 aliphatic rings. The number of halogens is 1. The fourth-order valence-electron chi connectivity index (χ4n) is 1.96. The van der Waals surface area contributed by atoms with E-state index in [2.05, 4.69) is 15.5 Å². The molecule has 6 nitrogen and oxygen atoms in total. The third kappa shape index (κ3) is 2.40. The highest BCUT2D eigenvalue weighted by Crippen LogP contribution is 2.24. The fraction of sp³-hybridized carbons (Fsp3) is 0.455. The normalized spacial score (nSPS) is 12.9. The Kier molecular flexibility index (Phi) is 3.70. The molecule has 0 aliphatic heterocycles. The number of imidazole rings is 1. The van der Waals surface area contributed by atoms with Gasteiger partial charge in [-0.05, 0) is 6.92 Å². The van der Waals surface area contributed by atoms with E-state index in [1.54, 1.807) is 11.0 Å². The molecule has 0 amide bonds. The molecule has 0 saturated carbocycles. The quantitative estimate of drug-likeness (QED) is 0.637. The molecular weight excluding hydrogens is 252 g/mol. The molecule has 1 unspecified atom stereocenters. The van der Waals surface area contributed by atoms with Gasteiger partial charge in [-0.25, -0.2) is 4.98 Å². The zero-order valence-electron chi connectivity index (χ0n) is 10.7. The topological polar surface area (TPSA) is 73.7 Å². The molecule has 0 bridgehead atoms. The Morgan fingerprint density at radius 1 is 1.50 bits per heavy atom. The number of hydrazine groups is 1. The van der Waals surface area contributed by atoms with Crippen LogP contribution in [0.2, 0.25) is 5.02 Å². The van der Waals surface area contributed by atoms with E-state index >= 15 is 0 Å². The SMILES string of the molecule is Cc1nn(C)c(CC(NN)c2cn(C)cn2)c1Cl. The van der Waals surface area contributed by atoms with Crippen molar-refractivity contribution in [3.05, 3.63) is 34.6 Å². The van der Waals surface area contributed by atoms with Gasteiger partial charge < -0.3 is 4.57 Å². The standard InChI is InChI=1S/C11H17ClN6/c1-7-11(12)10(18(3)16-7)4-8(15-13)9-5-17(2)6-14-9/h5-6,8,15H,4,13H2,1-3H3. The van der Waals surface area contributed by atoms with Gasteiger partial charge in [-0.3, -0.25) is 16.0 Å². The first-order chi connectivity index (χ1) is 8.52. The Morgan fingerprint density at radius 2 is 2.22 bits per heavy atom. The molecule has 0 radical (unpaired) electrons. The van der Waals surface area contributed by atoms with Crippen LogP contribution < -0.4 is 11.3 Å². The number of aromatic nitrogens is 4. The molecule has 0 fully saturated rings. The Labute approximate surface area is 111 Å². The van der Waals surface area contributed by atoms with Gasteiger partial charge in [0.15, 0.2) is 0 Å². The highest BCUT2D eigenvalue weighted by Gasteiger charge is 2.19. The number of nitrogens with zero attached hydrogens (tertiary/aromatic N) is 4. The van der Waals surface area contributed by atoms with Crippen LogP contribution in [0.1, 0.15) is 23.1 Å². The number of nitrogens with one attached hydrogen (secondary N) is 1. The van der Waals surface area contributed by atoms with E-state index in [1.807, 2.05) is 31.8 Å². The van der Waals surface area contributed by atoms with Crippen LogP contribution in [0.15, 0.2) is 12.5 Å². The lowest BCUT2D eigenvalue weighted by Gasteiger charge is -2.13. The smallest absolute Gasteiger partial charge is 0.0947 e. The summed E-state index contributed by atoms with van der Waals surface area (Å²) in [7, 11) is 3.80. The number of hydrogen-bond donors (Lipinski definition) is 2. The predicted molar refractivity (Wildman–Crippen MR) is 69.9 cm³/mol. The van der Waals surface area contributed by atoms with E-state index in [4.69, 9.17) is 17.4 Å². The van der Waals surface area contributed by atoms with Crippen LogP contribution in [0.25, 0.3) is 0 Å². The lowest BCUT2D eigenvalue weighted by atomic mass is 10.1. The third-order valence-corrected chi connectivity index (χ3v) is 3.43. The minimum Gasteiger partial charge on any atom is -0.340 e. The Balaban J connectivity index is 2.25. The van der Waals surface area contributed by atoms with Crippen LogP contribution >= 0.6 is 11.6 Å². The average Bonchev–Trinajstić information content (AvgIpc) is 2.84. The minimum absolute atomic E-state index is 0.0847. The van der Waals surface area contributed by atoms with Crippen LogP contribution in [0.4, 0.5) is 0 Å². The van der Waals surface area contributed by atoms with Gasteiger partial charge in [-0.15, -0.1) is 0 Å². The lowest BCUT2D eigenvalue weighted by Crippen LogP contribution is -2.30. The maximum absolute atomic E-state index is 6.23. The molecule has 98 valence electrons. The van der Waals surface area contributed by atoms with Gasteiger partial charge in [0.05, 0.1) is 34.5 Å². The Hall–Kier alpha value is -1.37. The summed E-state index contributed by atoms with van der Waals surface area (Å²) in [5.74, 6) is 5.60. The highest BCUT2D eigenvalue weighted by molar-refractivity contribution is 6.31. The summed E-state index contributed by atoms with van der Waals surface area (Å²) in [5.41, 5.74) is 5.42. The summed E-state index contributed by atoms with van der Waals surface area (Å²) in [4.78, 5) is 4.30. The van der Waals surface area contributed by atoms with Crippen molar-refractivity contribution in [1.82, 2.24) is 24.8 Å². The summed E-state index contributed by atoms with van der Waals surface area (Å²) >= 11 is 6.23. The van der Waals surface area contributed by atoms with E-state index < -0.39 is 0 Å². The van der Waals surface area contributed by atoms with Gasteiger partial charge in [0.25, 0.3) is 0 Å². The molecule has 2 heterocycles. The molecule has 1 atom stereocenters.